The molecule has 1 aromatic rings. The van der Waals surface area contributed by atoms with Crippen molar-refractivity contribution in [2.24, 2.45) is 4.99 Å². The molecule has 0 radical (unpaired) electrons. The van der Waals surface area contributed by atoms with Gasteiger partial charge in [0.1, 0.15) is 5.82 Å². The van der Waals surface area contributed by atoms with Crippen molar-refractivity contribution in [1.29, 1.82) is 0 Å². The monoisotopic (exact) mass is 289 g/mol. The van der Waals surface area contributed by atoms with Crippen molar-refractivity contribution in [3.05, 3.63) is 23.4 Å². The van der Waals surface area contributed by atoms with Crippen LogP contribution in [0, 0.1) is 6.92 Å². The number of guanidine groups is 1. The van der Waals surface area contributed by atoms with Gasteiger partial charge in [-0.2, -0.15) is 0 Å². The minimum atomic E-state index is 0.690. The van der Waals surface area contributed by atoms with Crippen LogP contribution in [0.25, 0.3) is 0 Å². The average molecular weight is 289 g/mol. The second kappa shape index (κ2) is 6.78. The highest BCUT2D eigenvalue weighted by molar-refractivity contribution is 5.79. The molecular formula is C16H27N5. The lowest BCUT2D eigenvalue weighted by atomic mass is 10.2. The average Bonchev–Trinajstić information content (AvgIpc) is 2.91. The third-order valence-electron chi connectivity index (χ3n) is 3.63. The maximum Gasteiger partial charge on any atom is 0.195 e. The lowest BCUT2D eigenvalue weighted by Gasteiger charge is -2.23. The Morgan fingerprint density at radius 1 is 1.14 bits per heavy atom. The van der Waals surface area contributed by atoms with E-state index in [4.69, 9.17) is 4.99 Å². The van der Waals surface area contributed by atoms with E-state index in [1.165, 1.54) is 18.4 Å². The quantitative estimate of drug-likeness (QED) is 0.629. The summed E-state index contributed by atoms with van der Waals surface area (Å²) in [5.74, 6) is 2.08. The summed E-state index contributed by atoms with van der Waals surface area (Å²) < 4.78 is 0. The first-order chi connectivity index (χ1) is 9.97. The fraction of sp³-hybridized carbons (Fsp3) is 0.625. The molecule has 2 heterocycles. The predicted molar refractivity (Wildman–Crippen MR) is 88.9 cm³/mol. The second-order valence-corrected chi connectivity index (χ2v) is 6.07. The summed E-state index contributed by atoms with van der Waals surface area (Å²) in [6, 6.07) is 4.32. The Bertz CT molecular complexity index is 491. The van der Waals surface area contributed by atoms with E-state index in [2.05, 4.69) is 28.9 Å². The van der Waals surface area contributed by atoms with E-state index in [1.54, 1.807) is 0 Å². The number of aromatic nitrogens is 1. The van der Waals surface area contributed by atoms with Crippen molar-refractivity contribution >= 4 is 11.8 Å². The first kappa shape index (κ1) is 15.6. The van der Waals surface area contributed by atoms with Crippen LogP contribution in [-0.2, 0) is 6.54 Å². The predicted octanol–water partition coefficient (Wildman–Crippen LogP) is 1.97. The third-order valence-corrected chi connectivity index (χ3v) is 3.63. The molecular weight excluding hydrogens is 262 g/mol. The van der Waals surface area contributed by atoms with E-state index >= 15 is 0 Å². The number of anilines is 1. The summed E-state index contributed by atoms with van der Waals surface area (Å²) >= 11 is 0. The molecule has 2 rings (SSSR count). The van der Waals surface area contributed by atoms with Gasteiger partial charge in [-0.25, -0.2) is 9.98 Å². The summed E-state index contributed by atoms with van der Waals surface area (Å²) in [6.07, 6.45) is 2.54. The second-order valence-electron chi connectivity index (χ2n) is 6.07. The Balaban J connectivity index is 2.18. The first-order valence-electron chi connectivity index (χ1n) is 7.59. The van der Waals surface area contributed by atoms with Gasteiger partial charge in [-0.3, -0.25) is 0 Å². The fourth-order valence-corrected chi connectivity index (χ4v) is 2.77. The van der Waals surface area contributed by atoms with Crippen molar-refractivity contribution in [3.63, 3.8) is 0 Å². The zero-order valence-corrected chi connectivity index (χ0v) is 13.9. The Kier molecular flexibility index (Phi) is 5.04. The molecule has 0 bridgehead atoms. The Morgan fingerprint density at radius 2 is 1.76 bits per heavy atom. The smallest absolute Gasteiger partial charge is 0.195 e. The van der Waals surface area contributed by atoms with E-state index in [1.807, 2.05) is 38.0 Å². The van der Waals surface area contributed by atoms with Crippen LogP contribution in [0.3, 0.4) is 0 Å². The topological polar surface area (TPSA) is 35.0 Å². The van der Waals surface area contributed by atoms with Crippen LogP contribution in [0.4, 0.5) is 5.82 Å². The lowest BCUT2D eigenvalue weighted by molar-refractivity contribution is 0.479. The summed E-state index contributed by atoms with van der Waals surface area (Å²) in [4.78, 5) is 15.8. The third kappa shape index (κ3) is 4.09. The van der Waals surface area contributed by atoms with Gasteiger partial charge in [0.05, 0.1) is 6.54 Å². The van der Waals surface area contributed by atoms with Crippen molar-refractivity contribution in [2.75, 3.05) is 46.2 Å². The maximum atomic E-state index is 4.72. The van der Waals surface area contributed by atoms with Crippen molar-refractivity contribution in [1.82, 2.24) is 14.8 Å². The highest BCUT2D eigenvalue weighted by Gasteiger charge is 2.14. The maximum absolute atomic E-state index is 4.72. The molecule has 1 saturated heterocycles. The normalized spacial score (nSPS) is 14.2. The van der Waals surface area contributed by atoms with Gasteiger partial charge < -0.3 is 14.7 Å². The molecule has 0 unspecified atom stereocenters. The number of nitrogens with zero attached hydrogens (tertiary/aromatic N) is 5. The highest BCUT2D eigenvalue weighted by Crippen LogP contribution is 2.20. The Labute approximate surface area is 128 Å². The summed E-state index contributed by atoms with van der Waals surface area (Å²) in [5, 5.41) is 0. The molecule has 0 amide bonds. The van der Waals surface area contributed by atoms with Gasteiger partial charge in [0.25, 0.3) is 0 Å². The molecule has 5 nitrogen and oxygen atoms in total. The molecule has 0 aromatic carbocycles. The Hall–Kier alpha value is -1.78. The lowest BCUT2D eigenvalue weighted by Crippen LogP contribution is -2.35. The van der Waals surface area contributed by atoms with Crippen molar-refractivity contribution in [3.8, 4) is 0 Å². The van der Waals surface area contributed by atoms with E-state index in [-0.39, 0.29) is 0 Å². The molecule has 116 valence electrons. The molecule has 0 spiro atoms. The highest BCUT2D eigenvalue weighted by atomic mass is 15.3. The molecule has 0 aliphatic carbocycles. The van der Waals surface area contributed by atoms with Gasteiger partial charge in [-0.15, -0.1) is 0 Å². The number of aryl methyl sites for hydroxylation is 1. The summed E-state index contributed by atoms with van der Waals surface area (Å²) in [6.45, 7) is 5.00. The number of hydrogen-bond donors (Lipinski definition) is 0. The van der Waals surface area contributed by atoms with E-state index in [9.17, 15) is 0 Å². The molecule has 0 atom stereocenters. The first-order valence-corrected chi connectivity index (χ1v) is 7.59. The molecule has 0 N–H and O–H groups in total. The molecule has 1 aromatic heterocycles. The molecule has 5 heteroatoms. The van der Waals surface area contributed by atoms with Gasteiger partial charge in [0, 0.05) is 47.0 Å². The largest absolute Gasteiger partial charge is 0.357 e. The molecule has 1 fully saturated rings. The fourth-order valence-electron chi connectivity index (χ4n) is 2.77. The zero-order valence-electron chi connectivity index (χ0n) is 13.9. The van der Waals surface area contributed by atoms with Crippen molar-refractivity contribution in [2.45, 2.75) is 26.3 Å². The van der Waals surface area contributed by atoms with E-state index in [0.717, 1.165) is 30.6 Å². The minimum Gasteiger partial charge on any atom is -0.357 e. The van der Waals surface area contributed by atoms with E-state index < -0.39 is 0 Å². The molecule has 1 aliphatic rings. The van der Waals surface area contributed by atoms with E-state index in [0.29, 0.717) is 6.54 Å². The molecule has 0 saturated carbocycles. The summed E-state index contributed by atoms with van der Waals surface area (Å²) in [5.41, 5.74) is 2.30. The van der Waals surface area contributed by atoms with Gasteiger partial charge >= 0.3 is 0 Å². The van der Waals surface area contributed by atoms with Crippen LogP contribution in [-0.4, -0.2) is 62.0 Å². The molecule has 21 heavy (non-hydrogen) atoms. The van der Waals surface area contributed by atoms with Crippen molar-refractivity contribution < 1.29 is 0 Å². The van der Waals surface area contributed by atoms with Crippen LogP contribution in [0.15, 0.2) is 17.1 Å². The van der Waals surface area contributed by atoms with Crippen LogP contribution in [0.5, 0.6) is 0 Å². The molecule has 1 aliphatic heterocycles. The van der Waals surface area contributed by atoms with Crippen LogP contribution in [0.1, 0.15) is 24.1 Å². The van der Waals surface area contributed by atoms with Crippen LogP contribution < -0.4 is 4.90 Å². The SMILES string of the molecule is Cc1cc(CN=C(N(C)C)N(C)C)cc(N2CCCC2)n1. The number of pyridine rings is 1. The number of rotatable bonds is 3. The zero-order chi connectivity index (χ0) is 15.4. The van der Waals surface area contributed by atoms with Gasteiger partial charge in [0.2, 0.25) is 0 Å². The standard InChI is InChI=1S/C16H27N5/c1-13-10-14(12-17-16(19(2)3)20(4)5)11-15(18-13)21-8-6-7-9-21/h10-11H,6-9,12H2,1-5H3. The van der Waals surface area contributed by atoms with Gasteiger partial charge in [0.15, 0.2) is 5.96 Å². The number of aliphatic imine (C=N–C) groups is 1. The van der Waals surface area contributed by atoms with Gasteiger partial charge in [-0.1, -0.05) is 0 Å². The van der Waals surface area contributed by atoms with Crippen LogP contribution in [0.2, 0.25) is 0 Å². The minimum absolute atomic E-state index is 0.690. The van der Waals surface area contributed by atoms with Crippen LogP contribution >= 0.6 is 0 Å². The summed E-state index contributed by atoms with van der Waals surface area (Å²) in [7, 11) is 8.08. The Morgan fingerprint density at radius 3 is 2.33 bits per heavy atom. The number of hydrogen-bond acceptors (Lipinski definition) is 3. The van der Waals surface area contributed by atoms with Gasteiger partial charge in [-0.05, 0) is 37.5 Å².